The molecule has 2 amide bonds. The molecule has 32 heavy (non-hydrogen) atoms. The molecular formula is C24H28FN5O2. The summed E-state index contributed by atoms with van der Waals surface area (Å²) in [5, 5.41) is 5.63. The summed E-state index contributed by atoms with van der Waals surface area (Å²) in [5.74, 6) is 0.114. The summed E-state index contributed by atoms with van der Waals surface area (Å²) < 4.78 is 15.5. The molecule has 3 aromatic rings. The number of nitrogens with zero attached hydrogens (tertiary/aromatic N) is 3. The van der Waals surface area contributed by atoms with Crippen LogP contribution < -0.4 is 21.1 Å². The van der Waals surface area contributed by atoms with Crippen LogP contribution in [0.25, 0.3) is 11.0 Å². The van der Waals surface area contributed by atoms with E-state index in [-0.39, 0.29) is 23.4 Å². The van der Waals surface area contributed by atoms with Crippen molar-refractivity contribution >= 4 is 28.6 Å². The van der Waals surface area contributed by atoms with E-state index < -0.39 is 0 Å². The van der Waals surface area contributed by atoms with Gasteiger partial charge in [-0.1, -0.05) is 25.1 Å². The number of rotatable bonds is 5. The SMILES string of the molecule is CCCn1c(=O)c(N2CCC(NC(=O)Nc3ccc(C)c(F)c3)CC2)nc2ccccc21. The molecule has 1 aliphatic rings. The van der Waals surface area contributed by atoms with Gasteiger partial charge in [0.15, 0.2) is 5.82 Å². The first-order chi connectivity index (χ1) is 15.5. The molecule has 0 spiro atoms. The van der Waals surface area contributed by atoms with E-state index >= 15 is 0 Å². The zero-order valence-electron chi connectivity index (χ0n) is 18.4. The maximum Gasteiger partial charge on any atom is 0.319 e. The van der Waals surface area contributed by atoms with Crippen LogP contribution >= 0.6 is 0 Å². The molecule has 1 aromatic heterocycles. The Morgan fingerprint density at radius 2 is 1.94 bits per heavy atom. The Labute approximate surface area is 186 Å². The van der Waals surface area contributed by atoms with Crippen molar-refractivity contribution in [3.63, 3.8) is 0 Å². The third-order valence-electron chi connectivity index (χ3n) is 5.84. The molecule has 1 saturated heterocycles. The smallest absolute Gasteiger partial charge is 0.319 e. The standard InChI is InChI=1S/C24H28FN5O2/c1-3-12-30-21-7-5-4-6-20(21)28-22(23(30)31)29-13-10-17(11-14-29)26-24(32)27-18-9-8-16(2)19(25)15-18/h4-9,15,17H,3,10-14H2,1-2H3,(H2,26,27,32). The summed E-state index contributed by atoms with van der Waals surface area (Å²) in [7, 11) is 0. The molecule has 0 aliphatic carbocycles. The second kappa shape index (κ2) is 9.38. The van der Waals surface area contributed by atoms with Crippen LogP contribution in [0, 0.1) is 12.7 Å². The average Bonchev–Trinajstić information content (AvgIpc) is 2.79. The molecular weight excluding hydrogens is 409 g/mol. The summed E-state index contributed by atoms with van der Waals surface area (Å²) >= 11 is 0. The second-order valence-corrected chi connectivity index (χ2v) is 8.20. The van der Waals surface area contributed by atoms with E-state index in [2.05, 4.69) is 22.5 Å². The van der Waals surface area contributed by atoms with Crippen LogP contribution in [0.5, 0.6) is 0 Å². The number of halogens is 1. The second-order valence-electron chi connectivity index (χ2n) is 8.20. The molecule has 168 valence electrons. The topological polar surface area (TPSA) is 79.3 Å². The lowest BCUT2D eigenvalue weighted by molar-refractivity contribution is 0.246. The van der Waals surface area contributed by atoms with Crippen LogP contribution in [-0.4, -0.2) is 34.7 Å². The molecule has 4 rings (SSSR count). The van der Waals surface area contributed by atoms with Crippen molar-refractivity contribution < 1.29 is 9.18 Å². The highest BCUT2D eigenvalue weighted by atomic mass is 19.1. The number of aryl methyl sites for hydroxylation is 2. The number of anilines is 2. The Morgan fingerprint density at radius 3 is 2.66 bits per heavy atom. The van der Waals surface area contributed by atoms with Gasteiger partial charge in [0.05, 0.1) is 11.0 Å². The fourth-order valence-corrected chi connectivity index (χ4v) is 4.09. The lowest BCUT2D eigenvalue weighted by atomic mass is 10.1. The molecule has 8 heteroatoms. The Hall–Kier alpha value is -3.42. The maximum absolute atomic E-state index is 13.7. The van der Waals surface area contributed by atoms with Gasteiger partial charge < -0.3 is 20.1 Å². The molecule has 0 saturated carbocycles. The monoisotopic (exact) mass is 437 g/mol. The van der Waals surface area contributed by atoms with E-state index in [1.54, 1.807) is 23.6 Å². The lowest BCUT2D eigenvalue weighted by Crippen LogP contribution is -2.47. The highest BCUT2D eigenvalue weighted by Gasteiger charge is 2.24. The van der Waals surface area contributed by atoms with Gasteiger partial charge in [0.2, 0.25) is 0 Å². The Morgan fingerprint density at radius 1 is 1.19 bits per heavy atom. The number of carbonyl (C=O) groups excluding carboxylic acids is 1. The molecule has 2 aromatic carbocycles. The van der Waals surface area contributed by atoms with Crippen molar-refractivity contribution in [1.29, 1.82) is 0 Å². The summed E-state index contributed by atoms with van der Waals surface area (Å²) in [6, 6.07) is 11.9. The van der Waals surface area contributed by atoms with Gasteiger partial charge in [-0.25, -0.2) is 14.2 Å². The van der Waals surface area contributed by atoms with E-state index in [0.717, 1.165) is 17.5 Å². The summed E-state index contributed by atoms with van der Waals surface area (Å²) in [6.45, 7) is 5.61. The van der Waals surface area contributed by atoms with Gasteiger partial charge in [-0.15, -0.1) is 0 Å². The summed E-state index contributed by atoms with van der Waals surface area (Å²) in [6.07, 6.45) is 2.24. The Balaban J connectivity index is 1.42. The van der Waals surface area contributed by atoms with Gasteiger partial charge in [-0.2, -0.15) is 0 Å². The van der Waals surface area contributed by atoms with Crippen molar-refractivity contribution in [2.45, 2.75) is 45.7 Å². The summed E-state index contributed by atoms with van der Waals surface area (Å²) in [4.78, 5) is 32.1. The van der Waals surface area contributed by atoms with Gasteiger partial charge in [0.25, 0.3) is 5.56 Å². The number of aromatic nitrogens is 2. The van der Waals surface area contributed by atoms with Crippen LogP contribution in [0.1, 0.15) is 31.7 Å². The van der Waals surface area contributed by atoms with Crippen molar-refractivity contribution in [1.82, 2.24) is 14.9 Å². The number of hydrogen-bond donors (Lipinski definition) is 2. The van der Waals surface area contributed by atoms with E-state index in [1.807, 2.05) is 29.2 Å². The number of benzene rings is 2. The van der Waals surface area contributed by atoms with Crippen LogP contribution in [0.3, 0.4) is 0 Å². The fourth-order valence-electron chi connectivity index (χ4n) is 4.09. The number of carbonyl (C=O) groups is 1. The van der Waals surface area contributed by atoms with Crippen molar-refractivity contribution in [3.05, 3.63) is 64.2 Å². The van der Waals surface area contributed by atoms with E-state index in [4.69, 9.17) is 0 Å². The van der Waals surface area contributed by atoms with E-state index in [1.165, 1.54) is 6.07 Å². The molecule has 1 fully saturated rings. The van der Waals surface area contributed by atoms with Crippen LogP contribution in [0.2, 0.25) is 0 Å². The Bertz CT molecular complexity index is 1180. The quantitative estimate of drug-likeness (QED) is 0.631. The fraction of sp³-hybridized carbons (Fsp3) is 0.375. The number of amides is 2. The summed E-state index contributed by atoms with van der Waals surface area (Å²) in [5.41, 5.74) is 2.53. The van der Waals surface area contributed by atoms with Crippen LogP contribution in [0.4, 0.5) is 20.7 Å². The number of urea groups is 1. The Kier molecular flexibility index (Phi) is 6.39. The first kappa shape index (κ1) is 21.8. The van der Waals surface area contributed by atoms with Gasteiger partial charge in [0, 0.05) is 31.4 Å². The van der Waals surface area contributed by atoms with Gasteiger partial charge >= 0.3 is 6.03 Å². The van der Waals surface area contributed by atoms with E-state index in [9.17, 15) is 14.0 Å². The average molecular weight is 438 g/mol. The lowest BCUT2D eigenvalue weighted by Gasteiger charge is -2.33. The molecule has 0 bridgehead atoms. The first-order valence-corrected chi connectivity index (χ1v) is 11.0. The van der Waals surface area contributed by atoms with Gasteiger partial charge in [-0.05, 0) is 56.0 Å². The minimum atomic E-state index is -0.360. The minimum Gasteiger partial charge on any atom is -0.352 e. The number of nitrogens with one attached hydrogen (secondary N) is 2. The third-order valence-corrected chi connectivity index (χ3v) is 5.84. The predicted molar refractivity (Wildman–Crippen MR) is 125 cm³/mol. The van der Waals surface area contributed by atoms with Gasteiger partial charge in [-0.3, -0.25) is 4.79 Å². The predicted octanol–water partition coefficient (Wildman–Crippen LogP) is 4.04. The van der Waals surface area contributed by atoms with Gasteiger partial charge in [0.1, 0.15) is 5.82 Å². The van der Waals surface area contributed by atoms with Crippen molar-refractivity contribution in [2.24, 2.45) is 0 Å². The first-order valence-electron chi connectivity index (χ1n) is 11.0. The molecule has 0 atom stereocenters. The van der Waals surface area contributed by atoms with Crippen LogP contribution in [-0.2, 0) is 6.54 Å². The molecule has 7 nitrogen and oxygen atoms in total. The normalized spacial score (nSPS) is 14.5. The highest BCUT2D eigenvalue weighted by Crippen LogP contribution is 2.19. The molecule has 2 N–H and O–H groups in total. The third kappa shape index (κ3) is 4.59. The van der Waals surface area contributed by atoms with Crippen molar-refractivity contribution in [2.75, 3.05) is 23.3 Å². The van der Waals surface area contributed by atoms with E-state index in [0.29, 0.717) is 49.5 Å². The molecule has 0 radical (unpaired) electrons. The minimum absolute atomic E-state index is 0.0279. The molecule has 0 unspecified atom stereocenters. The zero-order chi connectivity index (χ0) is 22.7. The number of para-hydroxylation sites is 2. The molecule has 2 heterocycles. The number of fused-ring (bicyclic) bond motifs is 1. The maximum atomic E-state index is 13.7. The molecule has 1 aliphatic heterocycles. The van der Waals surface area contributed by atoms with Crippen LogP contribution in [0.15, 0.2) is 47.3 Å². The largest absolute Gasteiger partial charge is 0.352 e. The van der Waals surface area contributed by atoms with Crippen molar-refractivity contribution in [3.8, 4) is 0 Å². The number of piperidine rings is 1. The highest BCUT2D eigenvalue weighted by molar-refractivity contribution is 5.89. The number of hydrogen-bond acceptors (Lipinski definition) is 4. The zero-order valence-corrected chi connectivity index (χ0v) is 18.4.